The number of hydrogen-bond acceptors (Lipinski definition) is 3. The van der Waals surface area contributed by atoms with Gasteiger partial charge in [0.25, 0.3) is 5.91 Å². The van der Waals surface area contributed by atoms with Crippen molar-refractivity contribution >= 4 is 17.1 Å². The Balaban J connectivity index is 1.62. The fraction of sp³-hybridized carbons (Fsp3) is 0.133. The molecule has 0 saturated carbocycles. The molecule has 1 amide bonds. The first-order valence-corrected chi connectivity index (χ1v) is 6.55. The number of benzene rings is 1. The van der Waals surface area contributed by atoms with Crippen LogP contribution < -0.4 is 5.32 Å². The minimum atomic E-state index is -0.257. The quantitative estimate of drug-likeness (QED) is 0.770. The van der Waals surface area contributed by atoms with E-state index in [4.69, 9.17) is 0 Å². The summed E-state index contributed by atoms with van der Waals surface area (Å²) in [5.74, 6) is -0.498. The Kier molecular flexibility index (Phi) is 3.59. The van der Waals surface area contributed by atoms with Gasteiger partial charge in [-0.2, -0.15) is 0 Å². The van der Waals surface area contributed by atoms with Crippen LogP contribution in [0.3, 0.4) is 0 Å². The number of fused-ring (bicyclic) bond motifs is 1. The van der Waals surface area contributed by atoms with Crippen LogP contribution in [0.4, 0.5) is 4.39 Å². The van der Waals surface area contributed by atoms with Gasteiger partial charge in [-0.15, -0.1) is 0 Å². The second kappa shape index (κ2) is 5.70. The predicted molar refractivity (Wildman–Crippen MR) is 76.3 cm³/mol. The van der Waals surface area contributed by atoms with Crippen LogP contribution >= 0.6 is 0 Å². The molecule has 0 saturated heterocycles. The number of nitrogens with one attached hydrogen (secondary N) is 2. The van der Waals surface area contributed by atoms with Gasteiger partial charge in [-0.1, -0.05) is 18.2 Å². The molecule has 2 heterocycles. The maximum absolute atomic E-state index is 13.4. The monoisotopic (exact) mass is 284 g/mol. The molecule has 3 rings (SSSR count). The highest BCUT2D eigenvalue weighted by molar-refractivity contribution is 5.96. The van der Waals surface area contributed by atoms with Gasteiger partial charge in [0.2, 0.25) is 0 Å². The summed E-state index contributed by atoms with van der Waals surface area (Å²) in [5, 5.41) is 2.75. The SMILES string of the molecule is O=C(NCCc1ccccc1F)c1cnc2nc[nH]c2c1. The number of pyridine rings is 1. The lowest BCUT2D eigenvalue weighted by Gasteiger charge is -2.06. The van der Waals surface area contributed by atoms with Gasteiger partial charge < -0.3 is 10.3 Å². The molecule has 2 N–H and O–H groups in total. The smallest absolute Gasteiger partial charge is 0.252 e. The molecule has 0 spiro atoms. The molecule has 0 aliphatic carbocycles. The lowest BCUT2D eigenvalue weighted by molar-refractivity contribution is 0.0954. The molecular formula is C15H13FN4O. The number of halogens is 1. The fourth-order valence-corrected chi connectivity index (χ4v) is 2.07. The Morgan fingerprint density at radius 2 is 2.14 bits per heavy atom. The van der Waals surface area contributed by atoms with Crippen molar-refractivity contribution in [3.8, 4) is 0 Å². The molecule has 0 bridgehead atoms. The second-order valence-corrected chi connectivity index (χ2v) is 4.60. The van der Waals surface area contributed by atoms with Crippen LogP contribution in [0.1, 0.15) is 15.9 Å². The van der Waals surface area contributed by atoms with Crippen molar-refractivity contribution in [2.75, 3.05) is 6.54 Å². The minimum Gasteiger partial charge on any atom is -0.352 e. The van der Waals surface area contributed by atoms with Crippen LogP contribution in [-0.2, 0) is 6.42 Å². The average Bonchev–Trinajstić information content (AvgIpc) is 2.96. The average molecular weight is 284 g/mol. The number of carbonyl (C=O) groups excluding carboxylic acids is 1. The highest BCUT2D eigenvalue weighted by atomic mass is 19.1. The minimum absolute atomic E-state index is 0.240. The normalized spacial score (nSPS) is 10.7. The zero-order valence-electron chi connectivity index (χ0n) is 11.1. The van der Waals surface area contributed by atoms with Crippen molar-refractivity contribution in [3.05, 3.63) is 59.8 Å². The molecular weight excluding hydrogens is 271 g/mol. The number of amides is 1. The molecule has 0 fully saturated rings. The zero-order chi connectivity index (χ0) is 14.7. The topological polar surface area (TPSA) is 70.7 Å². The van der Waals surface area contributed by atoms with Crippen LogP contribution in [0.25, 0.3) is 11.2 Å². The van der Waals surface area contributed by atoms with E-state index in [-0.39, 0.29) is 11.7 Å². The molecule has 0 aliphatic rings. The van der Waals surface area contributed by atoms with Crippen molar-refractivity contribution in [3.63, 3.8) is 0 Å². The van der Waals surface area contributed by atoms with E-state index in [0.29, 0.717) is 35.3 Å². The standard InChI is InChI=1S/C15H13FN4O/c16-12-4-2-1-3-10(12)5-6-17-15(21)11-7-13-14(18-8-11)20-9-19-13/h1-4,7-9H,5-6H2,(H,17,21)(H,18,19,20). The number of rotatable bonds is 4. The van der Waals surface area contributed by atoms with Gasteiger partial charge in [-0.05, 0) is 24.1 Å². The number of nitrogens with zero attached hydrogens (tertiary/aromatic N) is 2. The molecule has 1 aromatic carbocycles. The highest BCUT2D eigenvalue weighted by Gasteiger charge is 2.08. The summed E-state index contributed by atoms with van der Waals surface area (Å²) in [7, 11) is 0. The van der Waals surface area contributed by atoms with Crippen molar-refractivity contribution in [1.29, 1.82) is 0 Å². The van der Waals surface area contributed by atoms with Gasteiger partial charge in [-0.25, -0.2) is 14.4 Å². The Hall–Kier alpha value is -2.76. The van der Waals surface area contributed by atoms with Crippen LogP contribution in [-0.4, -0.2) is 27.4 Å². The Morgan fingerprint density at radius 3 is 3.00 bits per heavy atom. The number of carbonyl (C=O) groups is 1. The summed E-state index contributed by atoms with van der Waals surface area (Å²) in [6, 6.07) is 8.22. The molecule has 106 valence electrons. The molecule has 5 nitrogen and oxygen atoms in total. The number of imidazole rings is 1. The van der Waals surface area contributed by atoms with E-state index in [0.717, 1.165) is 0 Å². The summed E-state index contributed by atoms with van der Waals surface area (Å²) in [6.45, 7) is 0.362. The molecule has 0 aliphatic heterocycles. The van der Waals surface area contributed by atoms with Crippen LogP contribution in [0.2, 0.25) is 0 Å². The molecule has 2 aromatic heterocycles. The van der Waals surface area contributed by atoms with Crippen LogP contribution in [0.15, 0.2) is 42.9 Å². The van der Waals surface area contributed by atoms with Gasteiger partial charge >= 0.3 is 0 Å². The van der Waals surface area contributed by atoms with Crippen molar-refractivity contribution < 1.29 is 9.18 Å². The first-order valence-electron chi connectivity index (χ1n) is 6.55. The number of hydrogen-bond donors (Lipinski definition) is 2. The second-order valence-electron chi connectivity index (χ2n) is 4.60. The third kappa shape index (κ3) is 2.89. The highest BCUT2D eigenvalue weighted by Crippen LogP contribution is 2.09. The first kappa shape index (κ1) is 13.2. The summed E-state index contributed by atoms with van der Waals surface area (Å²) in [5.41, 5.74) is 2.30. The van der Waals surface area contributed by atoms with Crippen LogP contribution in [0, 0.1) is 5.82 Å². The van der Waals surface area contributed by atoms with Gasteiger partial charge in [-0.3, -0.25) is 4.79 Å². The maximum atomic E-state index is 13.4. The molecule has 6 heteroatoms. The fourth-order valence-electron chi connectivity index (χ4n) is 2.07. The van der Waals surface area contributed by atoms with Gasteiger partial charge in [0.05, 0.1) is 17.4 Å². The van der Waals surface area contributed by atoms with Crippen molar-refractivity contribution in [1.82, 2.24) is 20.3 Å². The number of H-pyrrole nitrogens is 1. The van der Waals surface area contributed by atoms with Gasteiger partial charge in [0, 0.05) is 12.7 Å². The van der Waals surface area contributed by atoms with Gasteiger partial charge in [0.1, 0.15) is 5.82 Å². The van der Waals surface area contributed by atoms with E-state index >= 15 is 0 Å². The Labute approximate surface area is 120 Å². The first-order chi connectivity index (χ1) is 10.2. The van der Waals surface area contributed by atoms with Crippen molar-refractivity contribution in [2.24, 2.45) is 0 Å². The third-order valence-corrected chi connectivity index (χ3v) is 3.17. The Bertz CT molecular complexity index is 784. The molecule has 3 aromatic rings. The van der Waals surface area contributed by atoms with E-state index in [9.17, 15) is 9.18 Å². The zero-order valence-corrected chi connectivity index (χ0v) is 11.1. The van der Waals surface area contributed by atoms with E-state index in [2.05, 4.69) is 20.3 Å². The largest absolute Gasteiger partial charge is 0.352 e. The molecule has 21 heavy (non-hydrogen) atoms. The van der Waals surface area contributed by atoms with E-state index in [1.807, 2.05) is 0 Å². The number of aromatic nitrogens is 3. The molecule has 0 radical (unpaired) electrons. The lowest BCUT2D eigenvalue weighted by atomic mass is 10.1. The predicted octanol–water partition coefficient (Wildman–Crippen LogP) is 2.07. The Morgan fingerprint density at radius 1 is 1.29 bits per heavy atom. The molecule has 0 atom stereocenters. The lowest BCUT2D eigenvalue weighted by Crippen LogP contribution is -2.26. The van der Waals surface area contributed by atoms with E-state index < -0.39 is 0 Å². The summed E-state index contributed by atoms with van der Waals surface area (Å²) in [4.78, 5) is 23.0. The van der Waals surface area contributed by atoms with Gasteiger partial charge in [0.15, 0.2) is 5.65 Å². The third-order valence-electron chi connectivity index (χ3n) is 3.17. The summed E-state index contributed by atoms with van der Waals surface area (Å²) >= 11 is 0. The molecule has 0 unspecified atom stereocenters. The maximum Gasteiger partial charge on any atom is 0.252 e. The summed E-state index contributed by atoms with van der Waals surface area (Å²) in [6.07, 6.45) is 3.44. The number of aromatic amines is 1. The summed E-state index contributed by atoms with van der Waals surface area (Å²) < 4.78 is 13.4. The van der Waals surface area contributed by atoms with E-state index in [1.54, 1.807) is 24.3 Å². The van der Waals surface area contributed by atoms with Crippen LogP contribution in [0.5, 0.6) is 0 Å². The van der Waals surface area contributed by atoms with Crippen molar-refractivity contribution in [2.45, 2.75) is 6.42 Å². The van der Waals surface area contributed by atoms with E-state index in [1.165, 1.54) is 18.6 Å².